The van der Waals surface area contributed by atoms with Gasteiger partial charge in [0.25, 0.3) is 0 Å². The Balaban J connectivity index is 1.79. The number of likely N-dealkylation sites (tertiary alicyclic amines) is 1. The number of aliphatic hydroxyl groups is 1. The van der Waals surface area contributed by atoms with Crippen LogP contribution in [0, 0.1) is 0 Å². The molecule has 2 aromatic carbocycles. The highest BCUT2D eigenvalue weighted by Crippen LogP contribution is 2.24. The summed E-state index contributed by atoms with van der Waals surface area (Å²) in [7, 11) is 1.63. The number of amides is 1. The van der Waals surface area contributed by atoms with Gasteiger partial charge in [-0.15, -0.1) is 0 Å². The second kappa shape index (κ2) is 7.99. The Kier molecular flexibility index (Phi) is 5.51. The molecule has 2 aromatic rings. The fourth-order valence-electron chi connectivity index (χ4n) is 3.09. The molecule has 1 aliphatic heterocycles. The van der Waals surface area contributed by atoms with E-state index in [0.717, 1.165) is 16.9 Å². The van der Waals surface area contributed by atoms with Crippen LogP contribution in [0.5, 0.6) is 5.75 Å². The Morgan fingerprint density at radius 1 is 1.16 bits per heavy atom. The summed E-state index contributed by atoms with van der Waals surface area (Å²) in [4.78, 5) is 14.2. The molecule has 1 fully saturated rings. The van der Waals surface area contributed by atoms with Crippen molar-refractivity contribution in [3.05, 3.63) is 71.8 Å². The van der Waals surface area contributed by atoms with Gasteiger partial charge in [0.1, 0.15) is 5.75 Å². The van der Waals surface area contributed by atoms with Crippen molar-refractivity contribution in [2.45, 2.75) is 31.5 Å². The third kappa shape index (κ3) is 4.28. The number of rotatable bonds is 5. The van der Waals surface area contributed by atoms with Crippen LogP contribution in [0.1, 0.15) is 24.0 Å². The third-order valence-electron chi connectivity index (χ3n) is 4.53. The quantitative estimate of drug-likeness (QED) is 0.911. The Bertz CT molecular complexity index is 725. The van der Waals surface area contributed by atoms with Gasteiger partial charge in [0.15, 0.2) is 0 Å². The molecule has 1 heterocycles. The Labute approximate surface area is 148 Å². The van der Waals surface area contributed by atoms with E-state index in [0.29, 0.717) is 19.4 Å². The topological polar surface area (TPSA) is 49.8 Å². The van der Waals surface area contributed by atoms with Crippen LogP contribution in [-0.4, -0.2) is 35.2 Å². The number of aliphatic hydroxyl groups excluding tert-OH is 1. The number of methoxy groups -OCH3 is 1. The summed E-state index contributed by atoms with van der Waals surface area (Å²) in [6, 6.07) is 17.3. The van der Waals surface area contributed by atoms with Crippen LogP contribution in [0.15, 0.2) is 60.7 Å². The van der Waals surface area contributed by atoms with E-state index >= 15 is 0 Å². The lowest BCUT2D eigenvalue weighted by Gasteiger charge is -2.37. The third-order valence-corrected chi connectivity index (χ3v) is 4.53. The molecule has 0 radical (unpaired) electrons. The maximum Gasteiger partial charge on any atom is 0.223 e. The van der Waals surface area contributed by atoms with E-state index in [2.05, 4.69) is 0 Å². The summed E-state index contributed by atoms with van der Waals surface area (Å²) >= 11 is 0. The predicted octanol–water partition coefficient (Wildman–Crippen LogP) is 3.26. The molecule has 0 aliphatic carbocycles. The van der Waals surface area contributed by atoms with E-state index in [9.17, 15) is 9.90 Å². The zero-order valence-corrected chi connectivity index (χ0v) is 14.3. The first-order valence-corrected chi connectivity index (χ1v) is 8.51. The van der Waals surface area contributed by atoms with Crippen molar-refractivity contribution in [3.8, 4) is 5.75 Å². The lowest BCUT2D eigenvalue weighted by molar-refractivity contribution is -0.140. The van der Waals surface area contributed by atoms with Gasteiger partial charge >= 0.3 is 0 Å². The average Bonchev–Trinajstić information content (AvgIpc) is 2.65. The fraction of sp³-hybridized carbons (Fsp3) is 0.286. The van der Waals surface area contributed by atoms with Crippen molar-refractivity contribution < 1.29 is 14.6 Å². The maximum absolute atomic E-state index is 12.4. The maximum atomic E-state index is 12.4. The first kappa shape index (κ1) is 17.2. The molecule has 0 spiro atoms. The molecule has 1 saturated heterocycles. The minimum Gasteiger partial charge on any atom is -0.497 e. The highest BCUT2D eigenvalue weighted by atomic mass is 16.5. The molecule has 1 N–H and O–H groups in total. The highest BCUT2D eigenvalue weighted by Gasteiger charge is 2.32. The van der Waals surface area contributed by atoms with Crippen molar-refractivity contribution in [1.82, 2.24) is 4.90 Å². The van der Waals surface area contributed by atoms with Gasteiger partial charge in [-0.25, -0.2) is 0 Å². The van der Waals surface area contributed by atoms with Gasteiger partial charge in [-0.1, -0.05) is 54.6 Å². The van der Waals surface area contributed by atoms with Crippen molar-refractivity contribution in [3.63, 3.8) is 0 Å². The Morgan fingerprint density at radius 3 is 2.56 bits per heavy atom. The average molecular weight is 337 g/mol. The van der Waals surface area contributed by atoms with E-state index < -0.39 is 6.10 Å². The SMILES string of the molecule is COc1ccc(CN2C(=O)CC[C@H](O)[C@@H]2/C=C/c2ccccc2)cc1. The molecule has 25 heavy (non-hydrogen) atoms. The number of carbonyl (C=O) groups excluding carboxylic acids is 1. The first-order valence-electron chi connectivity index (χ1n) is 8.51. The molecule has 4 heteroatoms. The molecule has 1 aliphatic rings. The molecule has 0 bridgehead atoms. The van der Waals surface area contributed by atoms with E-state index in [1.807, 2.05) is 66.7 Å². The predicted molar refractivity (Wildman–Crippen MR) is 98.0 cm³/mol. The minimum atomic E-state index is -0.545. The van der Waals surface area contributed by atoms with Crippen LogP contribution in [0.2, 0.25) is 0 Å². The molecule has 3 rings (SSSR count). The summed E-state index contributed by atoms with van der Waals surface area (Å²) in [6.07, 6.45) is 4.24. The molecule has 2 atom stereocenters. The van der Waals surface area contributed by atoms with Crippen molar-refractivity contribution in [2.75, 3.05) is 7.11 Å². The van der Waals surface area contributed by atoms with Gasteiger partial charge in [0.2, 0.25) is 5.91 Å². The highest BCUT2D eigenvalue weighted by molar-refractivity contribution is 5.78. The van der Waals surface area contributed by atoms with Crippen molar-refractivity contribution in [1.29, 1.82) is 0 Å². The van der Waals surface area contributed by atoms with Gasteiger partial charge < -0.3 is 14.7 Å². The second-order valence-corrected chi connectivity index (χ2v) is 6.24. The number of ether oxygens (including phenoxy) is 1. The summed E-state index contributed by atoms with van der Waals surface area (Å²) < 4.78 is 5.17. The smallest absolute Gasteiger partial charge is 0.223 e. The van der Waals surface area contributed by atoms with Crippen LogP contribution in [0.3, 0.4) is 0 Å². The van der Waals surface area contributed by atoms with Gasteiger partial charge in [-0.05, 0) is 29.7 Å². The number of hydrogen-bond donors (Lipinski definition) is 1. The van der Waals surface area contributed by atoms with Gasteiger partial charge in [0, 0.05) is 13.0 Å². The van der Waals surface area contributed by atoms with Crippen LogP contribution in [0.4, 0.5) is 0 Å². The fourth-order valence-corrected chi connectivity index (χ4v) is 3.09. The largest absolute Gasteiger partial charge is 0.497 e. The van der Waals surface area contributed by atoms with Crippen molar-refractivity contribution >= 4 is 12.0 Å². The number of nitrogens with zero attached hydrogens (tertiary/aromatic N) is 1. The molecule has 1 amide bonds. The molecule has 4 nitrogen and oxygen atoms in total. The molecule has 130 valence electrons. The van der Waals surface area contributed by atoms with Crippen LogP contribution in [-0.2, 0) is 11.3 Å². The van der Waals surface area contributed by atoms with E-state index in [4.69, 9.17) is 4.74 Å². The summed E-state index contributed by atoms with van der Waals surface area (Å²) in [5.74, 6) is 0.859. The first-order chi connectivity index (χ1) is 12.2. The zero-order chi connectivity index (χ0) is 17.6. The summed E-state index contributed by atoms with van der Waals surface area (Å²) in [6.45, 7) is 0.476. The molecule has 0 aromatic heterocycles. The summed E-state index contributed by atoms with van der Waals surface area (Å²) in [5, 5.41) is 10.4. The lowest BCUT2D eigenvalue weighted by Crippen LogP contribution is -2.49. The normalized spacial score (nSPS) is 20.9. The van der Waals surface area contributed by atoms with Crippen molar-refractivity contribution in [2.24, 2.45) is 0 Å². The molecule has 0 unspecified atom stereocenters. The molecule has 0 saturated carbocycles. The Morgan fingerprint density at radius 2 is 1.88 bits per heavy atom. The number of carbonyl (C=O) groups is 1. The lowest BCUT2D eigenvalue weighted by atomic mass is 9.96. The number of piperidine rings is 1. The number of hydrogen-bond acceptors (Lipinski definition) is 3. The summed E-state index contributed by atoms with van der Waals surface area (Å²) in [5.41, 5.74) is 2.07. The van der Waals surface area contributed by atoms with Gasteiger partial charge in [0.05, 0.1) is 19.3 Å². The molecular formula is C21H23NO3. The van der Waals surface area contributed by atoms with E-state index in [-0.39, 0.29) is 11.9 Å². The van der Waals surface area contributed by atoms with Gasteiger partial charge in [-0.2, -0.15) is 0 Å². The Hall–Kier alpha value is -2.59. The van der Waals surface area contributed by atoms with Crippen LogP contribution >= 0.6 is 0 Å². The minimum absolute atomic E-state index is 0.0730. The standard InChI is InChI=1S/C21H23NO3/c1-25-18-10-7-17(8-11-18)15-22-19(20(23)13-14-21(22)24)12-9-16-5-3-2-4-6-16/h2-12,19-20,23H,13-15H2,1H3/b12-9+/t19-,20-/m0/s1. The monoisotopic (exact) mass is 337 g/mol. The van der Waals surface area contributed by atoms with E-state index in [1.54, 1.807) is 12.0 Å². The van der Waals surface area contributed by atoms with Crippen LogP contribution in [0.25, 0.3) is 6.08 Å². The van der Waals surface area contributed by atoms with Gasteiger partial charge in [-0.3, -0.25) is 4.79 Å². The molecular weight excluding hydrogens is 314 g/mol. The second-order valence-electron chi connectivity index (χ2n) is 6.24. The number of benzene rings is 2. The van der Waals surface area contributed by atoms with Crippen LogP contribution < -0.4 is 4.74 Å². The van der Waals surface area contributed by atoms with E-state index in [1.165, 1.54) is 0 Å². The zero-order valence-electron chi connectivity index (χ0n) is 14.3.